The van der Waals surface area contributed by atoms with Crippen LogP contribution < -0.4 is 0 Å². The van der Waals surface area contributed by atoms with E-state index in [4.69, 9.17) is 0 Å². The van der Waals surface area contributed by atoms with Gasteiger partial charge in [-0.1, -0.05) is 60.7 Å². The van der Waals surface area contributed by atoms with Crippen LogP contribution in [0.15, 0.2) is 60.7 Å². The van der Waals surface area contributed by atoms with Crippen molar-refractivity contribution in [1.29, 1.82) is 0 Å². The maximum Gasteiger partial charge on any atom is 0.380 e. The van der Waals surface area contributed by atoms with Crippen molar-refractivity contribution < 1.29 is 26.3 Å². The average Bonchev–Trinajstić information content (AvgIpc) is 3.41. The molecule has 192 valence electrons. The number of halogens is 6. The Labute approximate surface area is 217 Å². The van der Waals surface area contributed by atoms with Gasteiger partial charge in [-0.05, 0) is 25.0 Å². The summed E-state index contributed by atoms with van der Waals surface area (Å²) in [5, 5.41) is 0.733. The van der Waals surface area contributed by atoms with Gasteiger partial charge in [0.2, 0.25) is 0 Å². The molecule has 2 aromatic carbocycles. The largest absolute Gasteiger partial charge is 0.380 e. The van der Waals surface area contributed by atoms with Gasteiger partial charge in [0.25, 0.3) is 0 Å². The Hall–Kier alpha value is -2.98. The maximum atomic E-state index is 15.3. The van der Waals surface area contributed by atoms with Crippen LogP contribution in [0.2, 0.25) is 0 Å². The Morgan fingerprint density at radius 2 is 0.946 bits per heavy atom. The highest BCUT2D eigenvalue weighted by Crippen LogP contribution is 2.66. The number of benzene rings is 2. The lowest BCUT2D eigenvalue weighted by molar-refractivity contribution is -0.254. The summed E-state index contributed by atoms with van der Waals surface area (Å²) >= 11 is 1.48. The molecule has 0 N–H and O–H groups in total. The average molecular weight is 551 g/mol. The molecule has 10 heteroatoms. The first kappa shape index (κ1) is 25.7. The second kappa shape index (κ2) is 9.09. The number of aryl methyl sites for hydroxylation is 2. The molecule has 2 nitrogen and oxygen atoms in total. The monoisotopic (exact) mass is 550 g/mol. The summed E-state index contributed by atoms with van der Waals surface area (Å²) in [6.45, 7) is 2.74. The molecule has 0 spiro atoms. The van der Waals surface area contributed by atoms with Crippen molar-refractivity contribution in [2.45, 2.75) is 44.5 Å². The third-order valence-corrected chi connectivity index (χ3v) is 8.55. The lowest BCUT2D eigenvalue weighted by atomic mass is 10.0. The summed E-state index contributed by atoms with van der Waals surface area (Å²) < 4.78 is 90.7. The van der Waals surface area contributed by atoms with Crippen LogP contribution in [0, 0.1) is 13.8 Å². The first-order chi connectivity index (χ1) is 17.4. The normalized spacial score (nSPS) is 17.9. The number of alkyl halides is 6. The third kappa shape index (κ3) is 4.20. The Morgan fingerprint density at radius 3 is 1.30 bits per heavy atom. The van der Waals surface area contributed by atoms with E-state index in [1.165, 1.54) is 13.8 Å². The summed E-state index contributed by atoms with van der Waals surface area (Å²) in [5.41, 5.74) is -1.07. The van der Waals surface area contributed by atoms with Crippen molar-refractivity contribution in [1.82, 2.24) is 9.97 Å². The number of nitrogens with zero attached hydrogens (tertiary/aromatic N) is 2. The smallest absolute Gasteiger partial charge is 0.246 e. The van der Waals surface area contributed by atoms with Gasteiger partial charge in [-0.2, -0.15) is 26.3 Å². The fourth-order valence-corrected chi connectivity index (χ4v) is 6.76. The minimum absolute atomic E-state index is 0.00304. The van der Waals surface area contributed by atoms with E-state index in [1.54, 1.807) is 24.3 Å². The first-order valence-electron chi connectivity index (χ1n) is 11.3. The van der Waals surface area contributed by atoms with Gasteiger partial charge in [0.15, 0.2) is 0 Å². The van der Waals surface area contributed by atoms with E-state index in [0.29, 0.717) is 10.0 Å². The van der Waals surface area contributed by atoms with E-state index in [0.717, 1.165) is 33.8 Å². The van der Waals surface area contributed by atoms with Crippen LogP contribution in [0.3, 0.4) is 0 Å². The molecule has 37 heavy (non-hydrogen) atoms. The van der Waals surface area contributed by atoms with Crippen LogP contribution in [-0.4, -0.2) is 27.7 Å². The van der Waals surface area contributed by atoms with Crippen molar-refractivity contribution >= 4 is 33.8 Å². The zero-order valence-corrected chi connectivity index (χ0v) is 21.3. The van der Waals surface area contributed by atoms with E-state index in [-0.39, 0.29) is 34.0 Å². The van der Waals surface area contributed by atoms with Crippen molar-refractivity contribution in [3.8, 4) is 0 Å². The second-order valence-corrected chi connectivity index (χ2v) is 11.0. The van der Waals surface area contributed by atoms with Gasteiger partial charge in [0, 0.05) is 12.8 Å². The summed E-state index contributed by atoms with van der Waals surface area (Å²) in [5.74, 6) is -15.8. The highest BCUT2D eigenvalue weighted by atomic mass is 32.1. The van der Waals surface area contributed by atoms with E-state index in [9.17, 15) is 8.78 Å². The highest BCUT2D eigenvalue weighted by Gasteiger charge is 2.81. The second-order valence-electron chi connectivity index (χ2n) is 8.84. The molecular formula is C27H20F6N2S2. The standard InChI is InChI=1S/C27H20F6N2S2/c1-15-23(36-19(34-15)13-17-9-5-3-6-10-17)21-22(26(30,31)27(32,33)25(21,28)29)24-16(2)35-20(37-24)14-18-11-7-4-8-12-18/h3-12H,13-14H2,1-2H3. The summed E-state index contributed by atoms with van der Waals surface area (Å²) in [4.78, 5) is 7.82. The molecule has 1 aliphatic rings. The predicted octanol–water partition coefficient (Wildman–Crippen LogP) is 8.23. The Morgan fingerprint density at radius 1 is 0.595 bits per heavy atom. The van der Waals surface area contributed by atoms with Gasteiger partial charge in [0.1, 0.15) is 0 Å². The van der Waals surface area contributed by atoms with Crippen LogP contribution in [0.1, 0.15) is 42.3 Å². The Balaban J connectivity index is 1.66. The zero-order chi connectivity index (χ0) is 26.6. The van der Waals surface area contributed by atoms with Crippen molar-refractivity contribution in [2.75, 3.05) is 0 Å². The van der Waals surface area contributed by atoms with E-state index in [1.807, 2.05) is 36.4 Å². The van der Waals surface area contributed by atoms with Crippen LogP contribution in [0.5, 0.6) is 0 Å². The molecular weight excluding hydrogens is 530 g/mol. The molecule has 0 atom stereocenters. The molecule has 0 aliphatic heterocycles. The minimum atomic E-state index is -5.61. The van der Waals surface area contributed by atoms with Crippen LogP contribution in [0.4, 0.5) is 26.3 Å². The number of thiazole rings is 2. The van der Waals surface area contributed by atoms with Crippen molar-refractivity contribution in [3.63, 3.8) is 0 Å². The molecule has 2 heterocycles. The van der Waals surface area contributed by atoms with E-state index in [2.05, 4.69) is 9.97 Å². The minimum Gasteiger partial charge on any atom is -0.246 e. The van der Waals surface area contributed by atoms with Gasteiger partial charge in [-0.25, -0.2) is 9.97 Å². The summed E-state index contributed by atoms with van der Waals surface area (Å²) in [6, 6.07) is 18.0. The van der Waals surface area contributed by atoms with Gasteiger partial charge < -0.3 is 0 Å². The van der Waals surface area contributed by atoms with Crippen LogP contribution in [0.25, 0.3) is 11.1 Å². The lowest BCUT2D eigenvalue weighted by Crippen LogP contribution is -2.48. The molecule has 2 aromatic heterocycles. The molecule has 0 saturated carbocycles. The quantitative estimate of drug-likeness (QED) is 0.226. The molecule has 1 aliphatic carbocycles. The number of aromatic nitrogens is 2. The maximum absolute atomic E-state index is 15.3. The molecule has 0 saturated heterocycles. The van der Waals surface area contributed by atoms with E-state index < -0.39 is 28.9 Å². The molecule has 0 radical (unpaired) electrons. The zero-order valence-electron chi connectivity index (χ0n) is 19.7. The summed E-state index contributed by atoms with van der Waals surface area (Å²) in [7, 11) is 0. The molecule has 4 aromatic rings. The molecule has 0 unspecified atom stereocenters. The van der Waals surface area contributed by atoms with Gasteiger partial charge in [-0.15, -0.1) is 22.7 Å². The number of hydrogen-bond acceptors (Lipinski definition) is 4. The Bertz CT molecular complexity index is 1360. The third-order valence-electron chi connectivity index (χ3n) is 6.20. The molecule has 0 amide bonds. The number of allylic oxidation sites excluding steroid dienone is 2. The topological polar surface area (TPSA) is 25.8 Å². The Kier molecular flexibility index (Phi) is 6.31. The highest BCUT2D eigenvalue weighted by molar-refractivity contribution is 7.14. The van der Waals surface area contributed by atoms with Crippen LogP contribution >= 0.6 is 22.7 Å². The first-order valence-corrected chi connectivity index (χ1v) is 13.0. The van der Waals surface area contributed by atoms with Crippen molar-refractivity contribution in [2.24, 2.45) is 0 Å². The van der Waals surface area contributed by atoms with Crippen LogP contribution in [-0.2, 0) is 12.8 Å². The summed E-state index contributed by atoms with van der Waals surface area (Å²) in [6.07, 6.45) is 0.516. The molecule has 0 bridgehead atoms. The lowest BCUT2D eigenvalue weighted by Gasteiger charge is -2.25. The number of rotatable bonds is 6. The SMILES string of the molecule is Cc1nc(Cc2ccccc2)sc1C1=C(c2sc(Cc3ccccc3)nc2C)C(F)(F)C(F)(F)C1(F)F. The fraction of sp³-hybridized carbons (Fsp3) is 0.259. The van der Waals surface area contributed by atoms with Gasteiger partial charge in [-0.3, -0.25) is 0 Å². The molecule has 5 rings (SSSR count). The van der Waals surface area contributed by atoms with Crippen molar-refractivity contribution in [3.05, 3.63) is 103 Å². The number of hydrogen-bond donors (Lipinski definition) is 0. The fourth-order valence-electron chi connectivity index (χ4n) is 4.40. The van der Waals surface area contributed by atoms with Gasteiger partial charge >= 0.3 is 17.8 Å². The van der Waals surface area contributed by atoms with E-state index >= 15 is 17.6 Å². The molecule has 0 fully saturated rings. The van der Waals surface area contributed by atoms with Gasteiger partial charge in [0.05, 0.1) is 42.3 Å². The predicted molar refractivity (Wildman–Crippen MR) is 134 cm³/mol.